The highest BCUT2D eigenvalue weighted by Gasteiger charge is 2.24. The van der Waals surface area contributed by atoms with E-state index < -0.39 is 0 Å². The number of hydrogen-bond donors (Lipinski definition) is 0. The Balaban J connectivity index is 2.49. The lowest BCUT2D eigenvalue weighted by Gasteiger charge is -2.10. The van der Waals surface area contributed by atoms with Gasteiger partial charge >= 0.3 is 0 Å². The van der Waals surface area contributed by atoms with Crippen molar-refractivity contribution >= 4 is 33.0 Å². The molecule has 4 nitrogen and oxygen atoms in total. The summed E-state index contributed by atoms with van der Waals surface area (Å²) >= 11 is 4.75. The lowest BCUT2D eigenvalue weighted by molar-refractivity contribution is 0.102. The molecule has 2 aromatic rings. The monoisotopic (exact) mass is 328 g/mol. The first kappa shape index (κ1) is 13.3. The minimum atomic E-state index is -0.0695. The molecule has 0 saturated heterocycles. The molecule has 2 rings (SSSR count). The maximum absolute atomic E-state index is 12.5. The number of nitrogens with zero attached hydrogens (tertiary/aromatic N) is 2. The summed E-state index contributed by atoms with van der Waals surface area (Å²) in [5.74, 6) is 0.535. The molecule has 0 aliphatic heterocycles. The van der Waals surface area contributed by atoms with Gasteiger partial charge in [-0.25, -0.2) is 0 Å². The Morgan fingerprint density at radius 3 is 2.89 bits per heavy atom. The Morgan fingerprint density at radius 1 is 1.56 bits per heavy atom. The Morgan fingerprint density at radius 2 is 2.28 bits per heavy atom. The van der Waals surface area contributed by atoms with Crippen molar-refractivity contribution < 1.29 is 9.53 Å². The quantitative estimate of drug-likeness (QED) is 0.806. The van der Waals surface area contributed by atoms with Gasteiger partial charge < -0.3 is 4.74 Å². The highest BCUT2D eigenvalue weighted by molar-refractivity contribution is 9.10. The largest absolute Gasteiger partial charge is 0.495 e. The smallest absolute Gasteiger partial charge is 0.225 e. The number of ether oxygens (including phenoxy) is 1. The molecule has 0 radical (unpaired) electrons. The van der Waals surface area contributed by atoms with Crippen LogP contribution < -0.4 is 4.74 Å². The molecule has 0 amide bonds. The summed E-state index contributed by atoms with van der Waals surface area (Å²) < 4.78 is 7.61. The van der Waals surface area contributed by atoms with Gasteiger partial charge in [-0.3, -0.25) is 9.48 Å². The molecular weight excluding hydrogens is 316 g/mol. The zero-order valence-corrected chi connectivity index (χ0v) is 12.7. The molecule has 0 unspecified atom stereocenters. The third kappa shape index (κ3) is 2.22. The summed E-state index contributed by atoms with van der Waals surface area (Å²) in [7, 11) is 1.56. The summed E-state index contributed by atoms with van der Waals surface area (Å²) in [6, 6.07) is 1.92. The first-order valence-corrected chi connectivity index (χ1v) is 7.12. The van der Waals surface area contributed by atoms with Crippen LogP contribution in [0.4, 0.5) is 0 Å². The van der Waals surface area contributed by atoms with Gasteiger partial charge in [-0.1, -0.05) is 0 Å². The summed E-state index contributed by atoms with van der Waals surface area (Å²) in [6.07, 6.45) is 1.65. The minimum Gasteiger partial charge on any atom is -0.495 e. The van der Waals surface area contributed by atoms with Gasteiger partial charge in [0.15, 0.2) is 0 Å². The molecule has 0 bridgehead atoms. The van der Waals surface area contributed by atoms with Gasteiger partial charge in [0.2, 0.25) is 5.78 Å². The van der Waals surface area contributed by atoms with Crippen LogP contribution in [0.25, 0.3) is 0 Å². The van der Waals surface area contributed by atoms with Crippen LogP contribution in [0, 0.1) is 0 Å². The molecule has 18 heavy (non-hydrogen) atoms. The number of methoxy groups -OCH3 is 1. The van der Waals surface area contributed by atoms with Crippen LogP contribution in [0.3, 0.4) is 0 Å². The molecule has 0 saturated carbocycles. The van der Waals surface area contributed by atoms with Crippen LogP contribution in [0.2, 0.25) is 0 Å². The van der Waals surface area contributed by atoms with E-state index in [4.69, 9.17) is 4.74 Å². The Labute approximate surface area is 118 Å². The molecule has 96 valence electrons. The second-order valence-electron chi connectivity index (χ2n) is 4.03. The highest BCUT2D eigenvalue weighted by Crippen LogP contribution is 2.30. The molecule has 0 fully saturated rings. The van der Waals surface area contributed by atoms with E-state index in [1.165, 1.54) is 11.3 Å². The van der Waals surface area contributed by atoms with Crippen LogP contribution in [0.5, 0.6) is 5.75 Å². The summed E-state index contributed by atoms with van der Waals surface area (Å²) in [5, 5.41) is 6.06. The van der Waals surface area contributed by atoms with Crippen LogP contribution in [0.15, 0.2) is 22.1 Å². The summed E-state index contributed by atoms with van der Waals surface area (Å²) in [6.45, 7) is 3.98. The normalized spacial score (nSPS) is 10.9. The van der Waals surface area contributed by atoms with Crippen molar-refractivity contribution in [1.29, 1.82) is 0 Å². The van der Waals surface area contributed by atoms with Crippen molar-refractivity contribution in [3.8, 4) is 5.75 Å². The maximum atomic E-state index is 12.5. The fourth-order valence-electron chi connectivity index (χ4n) is 1.68. The first-order valence-electron chi connectivity index (χ1n) is 5.45. The average molecular weight is 329 g/mol. The number of ketones is 1. The Hall–Kier alpha value is -1.14. The Kier molecular flexibility index (Phi) is 3.87. The number of halogens is 1. The average Bonchev–Trinajstić information content (AvgIpc) is 2.93. The molecule has 0 aliphatic rings. The van der Waals surface area contributed by atoms with Gasteiger partial charge in [-0.2, -0.15) is 5.10 Å². The van der Waals surface area contributed by atoms with E-state index in [-0.39, 0.29) is 11.8 Å². The third-order valence-corrected chi connectivity index (χ3v) is 3.99. The Bertz CT molecular complexity index is 574. The number of thiophene rings is 1. The molecule has 2 heterocycles. The van der Waals surface area contributed by atoms with E-state index in [1.54, 1.807) is 24.1 Å². The van der Waals surface area contributed by atoms with Crippen molar-refractivity contribution in [1.82, 2.24) is 9.78 Å². The maximum Gasteiger partial charge on any atom is 0.225 e. The SMILES string of the molecule is COc1ccsc1C(=O)c1c(Br)cnn1C(C)C. The van der Waals surface area contributed by atoms with Crippen molar-refractivity contribution in [3.63, 3.8) is 0 Å². The van der Waals surface area contributed by atoms with Crippen LogP contribution in [-0.4, -0.2) is 22.7 Å². The van der Waals surface area contributed by atoms with Gasteiger partial charge in [0, 0.05) is 6.04 Å². The molecule has 0 aliphatic carbocycles. The van der Waals surface area contributed by atoms with Crippen LogP contribution in [-0.2, 0) is 0 Å². The number of rotatable bonds is 4. The molecule has 0 N–H and O–H groups in total. The number of hydrogen-bond acceptors (Lipinski definition) is 4. The van der Waals surface area contributed by atoms with E-state index in [0.29, 0.717) is 20.8 Å². The van der Waals surface area contributed by atoms with Crippen molar-refractivity contribution in [3.05, 3.63) is 32.7 Å². The van der Waals surface area contributed by atoms with Crippen LogP contribution in [0.1, 0.15) is 35.3 Å². The van der Waals surface area contributed by atoms with E-state index in [2.05, 4.69) is 21.0 Å². The van der Waals surface area contributed by atoms with Gasteiger partial charge in [-0.05, 0) is 41.2 Å². The standard InChI is InChI=1S/C12H13BrN2O2S/c1-7(2)15-10(8(13)6-14-15)11(16)12-9(17-3)4-5-18-12/h4-7H,1-3H3. The van der Waals surface area contributed by atoms with Crippen LogP contribution >= 0.6 is 27.3 Å². The predicted octanol–water partition coefficient (Wildman–Crippen LogP) is 3.53. The second kappa shape index (κ2) is 5.24. The molecule has 6 heteroatoms. The molecular formula is C12H13BrN2O2S. The number of carbonyl (C=O) groups excluding carboxylic acids is 1. The second-order valence-corrected chi connectivity index (χ2v) is 5.80. The number of aromatic nitrogens is 2. The first-order chi connectivity index (χ1) is 8.56. The van der Waals surface area contributed by atoms with Crippen molar-refractivity contribution in [2.24, 2.45) is 0 Å². The lowest BCUT2D eigenvalue weighted by Crippen LogP contribution is -2.13. The van der Waals surface area contributed by atoms with Gasteiger partial charge in [0.05, 0.1) is 17.8 Å². The molecule has 0 spiro atoms. The number of carbonyl (C=O) groups is 1. The van der Waals surface area contributed by atoms with E-state index in [9.17, 15) is 4.79 Å². The van der Waals surface area contributed by atoms with Crippen molar-refractivity contribution in [2.45, 2.75) is 19.9 Å². The summed E-state index contributed by atoms with van der Waals surface area (Å²) in [4.78, 5) is 13.1. The topological polar surface area (TPSA) is 44.1 Å². The zero-order valence-electron chi connectivity index (χ0n) is 10.3. The van der Waals surface area contributed by atoms with Crippen molar-refractivity contribution in [2.75, 3.05) is 7.11 Å². The zero-order chi connectivity index (χ0) is 13.3. The molecule has 0 atom stereocenters. The molecule has 0 aromatic carbocycles. The van der Waals surface area contributed by atoms with Gasteiger partial charge in [0.1, 0.15) is 16.3 Å². The van der Waals surface area contributed by atoms with E-state index in [0.717, 1.165) is 0 Å². The molecule has 2 aromatic heterocycles. The lowest BCUT2D eigenvalue weighted by atomic mass is 10.2. The fraction of sp³-hybridized carbons (Fsp3) is 0.333. The van der Waals surface area contributed by atoms with Gasteiger partial charge in [-0.15, -0.1) is 11.3 Å². The van der Waals surface area contributed by atoms with E-state index >= 15 is 0 Å². The minimum absolute atomic E-state index is 0.0695. The fourth-order valence-corrected chi connectivity index (χ4v) is 2.93. The summed E-state index contributed by atoms with van der Waals surface area (Å²) in [5.41, 5.74) is 0.561. The van der Waals surface area contributed by atoms with Gasteiger partial charge in [0.25, 0.3) is 0 Å². The van der Waals surface area contributed by atoms with E-state index in [1.807, 2.05) is 19.2 Å². The third-order valence-electron chi connectivity index (χ3n) is 2.51. The highest BCUT2D eigenvalue weighted by atomic mass is 79.9. The predicted molar refractivity (Wildman–Crippen MR) is 74.6 cm³/mol.